The summed E-state index contributed by atoms with van der Waals surface area (Å²) in [6, 6.07) is 14.6. The van der Waals surface area contributed by atoms with Gasteiger partial charge in [-0.3, -0.25) is 4.79 Å². The molecule has 0 atom stereocenters. The van der Waals surface area contributed by atoms with Crippen molar-refractivity contribution >= 4 is 23.4 Å². The predicted molar refractivity (Wildman–Crippen MR) is 90.7 cm³/mol. The molecule has 0 heterocycles. The fourth-order valence-electron chi connectivity index (χ4n) is 1.83. The zero-order valence-electron chi connectivity index (χ0n) is 12.2. The van der Waals surface area contributed by atoms with Gasteiger partial charge in [-0.25, -0.2) is 0 Å². The summed E-state index contributed by atoms with van der Waals surface area (Å²) in [5.41, 5.74) is 8.00. The molecule has 0 radical (unpaired) electrons. The topological polar surface area (TPSA) is 64.3 Å². The van der Waals surface area contributed by atoms with Gasteiger partial charge in [0.05, 0.1) is 5.69 Å². The van der Waals surface area contributed by atoms with Crippen molar-refractivity contribution in [2.45, 2.75) is 0 Å². The van der Waals surface area contributed by atoms with E-state index in [4.69, 9.17) is 10.5 Å². The van der Waals surface area contributed by atoms with Gasteiger partial charge in [0.2, 0.25) is 5.91 Å². The summed E-state index contributed by atoms with van der Waals surface area (Å²) in [5.74, 6) is 0.405. The third kappa shape index (κ3) is 4.52. The SMILES string of the molecule is C=CCOc1ccc(/C=C\C(=O)Nc2ccccc2)cc1N. The first-order valence-corrected chi connectivity index (χ1v) is 6.86. The van der Waals surface area contributed by atoms with E-state index < -0.39 is 0 Å². The van der Waals surface area contributed by atoms with Crippen LogP contribution in [0.15, 0.2) is 67.3 Å². The number of ether oxygens (including phenoxy) is 1. The molecular formula is C18H18N2O2. The quantitative estimate of drug-likeness (QED) is 0.487. The normalized spacial score (nSPS) is 10.4. The van der Waals surface area contributed by atoms with E-state index in [1.165, 1.54) is 6.08 Å². The van der Waals surface area contributed by atoms with Gasteiger partial charge in [0, 0.05) is 11.8 Å². The van der Waals surface area contributed by atoms with Crippen LogP contribution in [0.4, 0.5) is 11.4 Å². The molecule has 2 aromatic carbocycles. The molecule has 2 aromatic rings. The van der Waals surface area contributed by atoms with E-state index in [2.05, 4.69) is 11.9 Å². The van der Waals surface area contributed by atoms with Gasteiger partial charge in [-0.1, -0.05) is 36.9 Å². The monoisotopic (exact) mass is 294 g/mol. The molecule has 0 aliphatic heterocycles. The summed E-state index contributed by atoms with van der Waals surface area (Å²) in [7, 11) is 0. The zero-order chi connectivity index (χ0) is 15.8. The van der Waals surface area contributed by atoms with Crippen LogP contribution in [-0.2, 0) is 4.79 Å². The number of anilines is 2. The highest BCUT2D eigenvalue weighted by Gasteiger charge is 2.01. The Hall–Kier alpha value is -3.01. The minimum atomic E-state index is -0.197. The van der Waals surface area contributed by atoms with Gasteiger partial charge in [0.15, 0.2) is 0 Å². The fraction of sp³-hybridized carbons (Fsp3) is 0.0556. The highest BCUT2D eigenvalue weighted by molar-refractivity contribution is 6.01. The Bertz CT molecular complexity index is 679. The van der Waals surface area contributed by atoms with E-state index in [0.29, 0.717) is 18.0 Å². The Morgan fingerprint density at radius 2 is 2.00 bits per heavy atom. The minimum Gasteiger partial charge on any atom is -0.487 e. The molecule has 0 fully saturated rings. The molecule has 1 amide bonds. The second-order valence-electron chi connectivity index (χ2n) is 4.59. The zero-order valence-corrected chi connectivity index (χ0v) is 12.2. The predicted octanol–water partition coefficient (Wildman–Crippen LogP) is 3.49. The largest absolute Gasteiger partial charge is 0.487 e. The Morgan fingerprint density at radius 1 is 1.23 bits per heavy atom. The van der Waals surface area contributed by atoms with E-state index in [1.807, 2.05) is 36.4 Å². The molecule has 22 heavy (non-hydrogen) atoms. The van der Waals surface area contributed by atoms with Crippen LogP contribution in [0.25, 0.3) is 6.08 Å². The van der Waals surface area contributed by atoms with Gasteiger partial charge in [0.25, 0.3) is 0 Å². The van der Waals surface area contributed by atoms with E-state index in [1.54, 1.807) is 24.3 Å². The van der Waals surface area contributed by atoms with Crippen molar-refractivity contribution in [2.24, 2.45) is 0 Å². The van der Waals surface area contributed by atoms with Crippen LogP contribution in [0.5, 0.6) is 5.75 Å². The number of nitrogen functional groups attached to an aromatic ring is 1. The molecule has 0 aliphatic carbocycles. The minimum absolute atomic E-state index is 0.197. The summed E-state index contributed by atoms with van der Waals surface area (Å²) in [4.78, 5) is 11.8. The van der Waals surface area contributed by atoms with Crippen LogP contribution in [0.2, 0.25) is 0 Å². The molecule has 0 spiro atoms. The summed E-state index contributed by atoms with van der Waals surface area (Å²) in [5, 5.41) is 2.77. The highest BCUT2D eigenvalue weighted by atomic mass is 16.5. The van der Waals surface area contributed by atoms with Gasteiger partial charge >= 0.3 is 0 Å². The van der Waals surface area contributed by atoms with Crippen molar-refractivity contribution in [3.8, 4) is 5.75 Å². The van der Waals surface area contributed by atoms with Crippen molar-refractivity contribution < 1.29 is 9.53 Å². The molecule has 0 aromatic heterocycles. The van der Waals surface area contributed by atoms with Crippen LogP contribution < -0.4 is 15.8 Å². The average molecular weight is 294 g/mol. The first kappa shape index (κ1) is 15.4. The van der Waals surface area contributed by atoms with Crippen molar-refractivity contribution in [1.29, 1.82) is 0 Å². The van der Waals surface area contributed by atoms with Crippen LogP contribution in [-0.4, -0.2) is 12.5 Å². The molecule has 112 valence electrons. The lowest BCUT2D eigenvalue weighted by Crippen LogP contribution is -2.07. The van der Waals surface area contributed by atoms with Crippen molar-refractivity contribution in [3.63, 3.8) is 0 Å². The molecule has 0 saturated carbocycles. The van der Waals surface area contributed by atoms with Gasteiger partial charge < -0.3 is 15.8 Å². The van der Waals surface area contributed by atoms with Crippen LogP contribution >= 0.6 is 0 Å². The van der Waals surface area contributed by atoms with Gasteiger partial charge in [-0.15, -0.1) is 0 Å². The van der Waals surface area contributed by atoms with Crippen molar-refractivity contribution in [3.05, 3.63) is 72.8 Å². The number of nitrogens with two attached hydrogens (primary N) is 1. The summed E-state index contributed by atoms with van der Waals surface area (Å²) >= 11 is 0. The van der Waals surface area contributed by atoms with E-state index in [-0.39, 0.29) is 5.91 Å². The third-order valence-corrected chi connectivity index (χ3v) is 2.86. The van der Waals surface area contributed by atoms with Gasteiger partial charge in [0.1, 0.15) is 12.4 Å². The Balaban J connectivity index is 1.99. The lowest BCUT2D eigenvalue weighted by molar-refractivity contribution is -0.111. The smallest absolute Gasteiger partial charge is 0.248 e. The molecule has 2 rings (SSSR count). The molecule has 4 heteroatoms. The van der Waals surface area contributed by atoms with E-state index in [9.17, 15) is 4.79 Å². The third-order valence-electron chi connectivity index (χ3n) is 2.86. The fourth-order valence-corrected chi connectivity index (χ4v) is 1.83. The van der Waals surface area contributed by atoms with Gasteiger partial charge in [-0.2, -0.15) is 0 Å². The number of amides is 1. The molecule has 3 N–H and O–H groups in total. The van der Waals surface area contributed by atoms with Crippen LogP contribution in [0, 0.1) is 0 Å². The highest BCUT2D eigenvalue weighted by Crippen LogP contribution is 2.23. The maximum atomic E-state index is 11.8. The van der Waals surface area contributed by atoms with Gasteiger partial charge in [-0.05, 0) is 35.9 Å². The number of benzene rings is 2. The molecule has 0 aliphatic rings. The molecule has 0 bridgehead atoms. The molecule has 4 nitrogen and oxygen atoms in total. The number of carbonyl (C=O) groups excluding carboxylic acids is 1. The number of nitrogens with one attached hydrogen (secondary N) is 1. The number of para-hydroxylation sites is 1. The number of rotatable bonds is 6. The maximum absolute atomic E-state index is 11.8. The summed E-state index contributed by atoms with van der Waals surface area (Å²) in [6.45, 7) is 3.99. The van der Waals surface area contributed by atoms with Crippen LogP contribution in [0.3, 0.4) is 0 Å². The Kier molecular flexibility index (Phi) is 5.37. The Labute approximate surface area is 129 Å². The lowest BCUT2D eigenvalue weighted by Gasteiger charge is -2.07. The molecular weight excluding hydrogens is 276 g/mol. The first-order chi connectivity index (χ1) is 10.7. The lowest BCUT2D eigenvalue weighted by atomic mass is 10.1. The van der Waals surface area contributed by atoms with Crippen molar-refractivity contribution in [2.75, 3.05) is 17.7 Å². The van der Waals surface area contributed by atoms with Crippen molar-refractivity contribution in [1.82, 2.24) is 0 Å². The van der Waals surface area contributed by atoms with Crippen LogP contribution in [0.1, 0.15) is 5.56 Å². The van der Waals surface area contributed by atoms with E-state index >= 15 is 0 Å². The Morgan fingerprint density at radius 3 is 2.68 bits per heavy atom. The second-order valence-corrected chi connectivity index (χ2v) is 4.59. The average Bonchev–Trinajstić information content (AvgIpc) is 2.53. The number of hydrogen-bond acceptors (Lipinski definition) is 3. The maximum Gasteiger partial charge on any atom is 0.248 e. The number of hydrogen-bond donors (Lipinski definition) is 2. The standard InChI is InChI=1S/C18H18N2O2/c1-2-12-22-17-10-8-14(13-16(17)19)9-11-18(21)20-15-6-4-3-5-7-15/h2-11,13H,1,12,19H2,(H,20,21)/b11-9-. The second kappa shape index (κ2) is 7.69. The summed E-state index contributed by atoms with van der Waals surface area (Å²) < 4.78 is 5.40. The molecule has 0 saturated heterocycles. The molecule has 0 unspecified atom stereocenters. The van der Waals surface area contributed by atoms with E-state index in [0.717, 1.165) is 11.3 Å². The number of carbonyl (C=O) groups is 1. The summed E-state index contributed by atoms with van der Waals surface area (Å²) in [6.07, 6.45) is 4.82. The first-order valence-electron chi connectivity index (χ1n) is 6.86.